The molecule has 5 fully saturated rings. The van der Waals surface area contributed by atoms with Gasteiger partial charge in [0.1, 0.15) is 0 Å². The first-order valence-corrected chi connectivity index (χ1v) is 13.1. The molecule has 3 saturated heterocycles. The van der Waals surface area contributed by atoms with Gasteiger partial charge in [-0.15, -0.1) is 0 Å². The van der Waals surface area contributed by atoms with Crippen LogP contribution in [0, 0.1) is 16.7 Å². The Morgan fingerprint density at radius 3 is 2.75 bits per heavy atom. The summed E-state index contributed by atoms with van der Waals surface area (Å²) in [6.45, 7) is 4.87. The Bertz CT molecular complexity index is 1030. The molecule has 3 unspecified atom stereocenters. The van der Waals surface area contributed by atoms with E-state index in [9.17, 15) is 18.0 Å². The zero-order chi connectivity index (χ0) is 22.6. The molecular formula is C21H30N4O6S. The van der Waals surface area contributed by atoms with Crippen molar-refractivity contribution in [3.8, 4) is 0 Å². The van der Waals surface area contributed by atoms with Crippen molar-refractivity contribution < 1.29 is 27.7 Å². The molecule has 32 heavy (non-hydrogen) atoms. The van der Waals surface area contributed by atoms with Gasteiger partial charge in [0, 0.05) is 18.4 Å². The number of fused-ring (bicyclic) bond motifs is 3. The lowest BCUT2D eigenvalue weighted by Gasteiger charge is -2.37. The lowest BCUT2D eigenvalue weighted by atomic mass is 9.69. The largest absolute Gasteiger partial charge is 0.382 e. The molecule has 11 heteroatoms. The smallest absolute Gasteiger partial charge is 0.344 e. The van der Waals surface area contributed by atoms with Crippen LogP contribution in [0.25, 0.3) is 0 Å². The summed E-state index contributed by atoms with van der Waals surface area (Å²) in [4.78, 5) is 38.6. The van der Waals surface area contributed by atoms with Gasteiger partial charge in [0.25, 0.3) is 5.91 Å². The van der Waals surface area contributed by atoms with Crippen molar-refractivity contribution in [2.45, 2.75) is 76.6 Å². The number of amides is 3. The van der Waals surface area contributed by atoms with Crippen LogP contribution in [0.1, 0.15) is 52.4 Å². The maximum Gasteiger partial charge on any atom is 0.344 e. The molecule has 4 aliphatic heterocycles. The number of hydroxylamine groups is 2. The summed E-state index contributed by atoms with van der Waals surface area (Å²) in [7, 11) is -2.22. The highest BCUT2D eigenvalue weighted by Gasteiger charge is 2.72. The monoisotopic (exact) mass is 466 g/mol. The van der Waals surface area contributed by atoms with Gasteiger partial charge in [0.05, 0.1) is 36.7 Å². The predicted molar refractivity (Wildman–Crippen MR) is 113 cm³/mol. The van der Waals surface area contributed by atoms with Gasteiger partial charge in [-0.1, -0.05) is 19.0 Å². The van der Waals surface area contributed by atoms with E-state index < -0.39 is 22.0 Å². The van der Waals surface area contributed by atoms with E-state index >= 15 is 0 Å². The number of carbonyl (C=O) groups excluding carboxylic acids is 2. The Labute approximate surface area is 187 Å². The summed E-state index contributed by atoms with van der Waals surface area (Å²) in [5.74, 6) is -0.0249. The van der Waals surface area contributed by atoms with E-state index in [0.29, 0.717) is 24.6 Å². The van der Waals surface area contributed by atoms with E-state index in [1.807, 2.05) is 0 Å². The van der Waals surface area contributed by atoms with Gasteiger partial charge in [-0.3, -0.25) is 9.63 Å². The van der Waals surface area contributed by atoms with Crippen LogP contribution in [0.15, 0.2) is 5.16 Å². The number of carbonyl (C=O) groups is 2. The van der Waals surface area contributed by atoms with Gasteiger partial charge >= 0.3 is 6.03 Å². The number of piperidine rings is 1. The van der Waals surface area contributed by atoms with E-state index in [1.54, 1.807) is 4.90 Å². The van der Waals surface area contributed by atoms with Crippen molar-refractivity contribution in [1.29, 1.82) is 0 Å². The number of sulfonamides is 1. The maximum absolute atomic E-state index is 13.5. The Morgan fingerprint density at radius 1 is 1.25 bits per heavy atom. The lowest BCUT2D eigenvalue weighted by molar-refractivity contribution is -0.139. The molecule has 0 N–H and O–H groups in total. The van der Waals surface area contributed by atoms with Crippen molar-refractivity contribution in [2.24, 2.45) is 21.9 Å². The lowest BCUT2D eigenvalue weighted by Crippen LogP contribution is -2.49. The predicted octanol–water partition coefficient (Wildman–Crippen LogP) is 1.33. The third-order valence-electron chi connectivity index (χ3n) is 9.50. The van der Waals surface area contributed by atoms with Crippen molar-refractivity contribution in [2.75, 3.05) is 19.4 Å². The third-order valence-corrected chi connectivity index (χ3v) is 11.4. The molecule has 4 heterocycles. The second-order valence-corrected chi connectivity index (χ2v) is 12.7. The first-order valence-electron chi connectivity index (χ1n) is 11.5. The Hall–Kier alpha value is -1.88. The molecule has 4 bridgehead atoms. The molecule has 2 aliphatic carbocycles. The van der Waals surface area contributed by atoms with Crippen molar-refractivity contribution in [3.63, 3.8) is 0 Å². The van der Waals surface area contributed by atoms with Crippen LogP contribution in [0.4, 0.5) is 4.79 Å². The standard InChI is InChI=1S/C21H30N4O6S/c1-20(2)12-6-7-21(20)11-32(28,29)25(17(21)8-12)18(26)16-9-14(22-31-16)15-5-4-13-10-23(15)19(27)24(13)30-3/h12-13,15-17H,4-11H2,1-3H3/t12?,13?,15-,16+,17?,21+/m0/s1. The molecule has 0 aromatic carbocycles. The van der Waals surface area contributed by atoms with Crippen molar-refractivity contribution in [3.05, 3.63) is 0 Å². The number of hydrogen-bond acceptors (Lipinski definition) is 7. The Kier molecular flexibility index (Phi) is 4.12. The van der Waals surface area contributed by atoms with Gasteiger partial charge in [0.2, 0.25) is 16.1 Å². The molecular weight excluding hydrogens is 436 g/mol. The Balaban J connectivity index is 1.21. The third kappa shape index (κ3) is 2.39. The minimum absolute atomic E-state index is 0.0242. The summed E-state index contributed by atoms with van der Waals surface area (Å²) < 4.78 is 27.5. The maximum atomic E-state index is 13.5. The van der Waals surface area contributed by atoms with Crippen molar-refractivity contribution in [1.82, 2.24) is 14.3 Å². The van der Waals surface area contributed by atoms with E-state index in [0.717, 1.165) is 30.0 Å². The number of rotatable bonds is 3. The fourth-order valence-corrected chi connectivity index (χ4v) is 10.2. The van der Waals surface area contributed by atoms with E-state index in [2.05, 4.69) is 19.0 Å². The summed E-state index contributed by atoms with van der Waals surface area (Å²) in [5, 5.41) is 5.56. The normalized spacial score (nSPS) is 43.0. The van der Waals surface area contributed by atoms with Crippen LogP contribution in [0.3, 0.4) is 0 Å². The summed E-state index contributed by atoms with van der Waals surface area (Å²) in [6.07, 6.45) is 3.36. The molecule has 10 nitrogen and oxygen atoms in total. The van der Waals surface area contributed by atoms with Gasteiger partial charge in [-0.2, -0.15) is 5.06 Å². The van der Waals surface area contributed by atoms with Crippen LogP contribution in [0.2, 0.25) is 0 Å². The SMILES string of the molecule is CON1C(=O)N2CC1CC[C@H]2C1=NO[C@@H](C(=O)N2C3CC4CC[C@]3(CS2(=O)=O)C4(C)C)C1. The van der Waals surface area contributed by atoms with E-state index in [1.165, 1.54) is 12.2 Å². The van der Waals surface area contributed by atoms with Gasteiger partial charge in [-0.25, -0.2) is 17.5 Å². The fourth-order valence-electron chi connectivity index (χ4n) is 7.66. The number of hydrogen-bond donors (Lipinski definition) is 0. The average Bonchev–Trinajstić information content (AvgIpc) is 3.47. The molecule has 1 spiro atoms. The number of oxime groups is 1. The van der Waals surface area contributed by atoms with E-state index in [-0.39, 0.29) is 47.2 Å². The average molecular weight is 467 g/mol. The highest BCUT2D eigenvalue weighted by Crippen LogP contribution is 2.70. The quantitative estimate of drug-likeness (QED) is 0.621. The molecule has 0 radical (unpaired) electrons. The zero-order valence-corrected chi connectivity index (χ0v) is 19.5. The zero-order valence-electron chi connectivity index (χ0n) is 18.7. The number of urea groups is 1. The fraction of sp³-hybridized carbons (Fsp3) is 0.857. The molecule has 3 amide bonds. The minimum atomic E-state index is -3.70. The molecule has 0 aromatic rings. The Morgan fingerprint density at radius 2 is 2.03 bits per heavy atom. The van der Waals surface area contributed by atoms with Crippen LogP contribution in [-0.4, -0.2) is 84.0 Å². The number of nitrogens with zero attached hydrogens (tertiary/aromatic N) is 4. The van der Waals surface area contributed by atoms with Gasteiger partial charge in [-0.05, 0) is 43.4 Å². The van der Waals surface area contributed by atoms with Crippen LogP contribution >= 0.6 is 0 Å². The molecule has 6 atom stereocenters. The van der Waals surface area contributed by atoms with Crippen LogP contribution < -0.4 is 0 Å². The molecule has 6 aliphatic rings. The topological polar surface area (TPSA) is 109 Å². The first-order chi connectivity index (χ1) is 15.1. The second kappa shape index (κ2) is 6.37. The van der Waals surface area contributed by atoms with E-state index in [4.69, 9.17) is 9.68 Å². The highest BCUT2D eigenvalue weighted by atomic mass is 32.2. The summed E-state index contributed by atoms with van der Waals surface area (Å²) >= 11 is 0. The molecule has 2 saturated carbocycles. The first kappa shape index (κ1) is 20.7. The summed E-state index contributed by atoms with van der Waals surface area (Å²) in [5.41, 5.74) is 0.172. The highest BCUT2D eigenvalue weighted by molar-refractivity contribution is 7.90. The van der Waals surface area contributed by atoms with Crippen LogP contribution in [-0.2, 0) is 24.5 Å². The van der Waals surface area contributed by atoms with Gasteiger partial charge < -0.3 is 9.74 Å². The van der Waals surface area contributed by atoms with Crippen LogP contribution in [0.5, 0.6) is 0 Å². The minimum Gasteiger partial charge on any atom is -0.382 e. The van der Waals surface area contributed by atoms with Gasteiger partial charge in [0.15, 0.2) is 0 Å². The molecule has 6 rings (SSSR count). The molecule has 0 aromatic heterocycles. The molecule has 176 valence electrons. The summed E-state index contributed by atoms with van der Waals surface area (Å²) in [6, 6.07) is -0.714. The van der Waals surface area contributed by atoms with Crippen molar-refractivity contribution >= 4 is 27.7 Å². The second-order valence-electron chi connectivity index (χ2n) is 10.8.